The topological polar surface area (TPSA) is 46.2 Å². The fraction of sp³-hybridized carbons (Fsp3) is 0.250. The van der Waals surface area contributed by atoms with E-state index in [-0.39, 0.29) is 17.0 Å². The molecule has 24 heavy (non-hydrogen) atoms. The maximum absolute atomic E-state index is 12.8. The van der Waals surface area contributed by atoms with Crippen molar-refractivity contribution >= 4 is 21.6 Å². The monoisotopic (exact) mass is 377 g/mol. The molecule has 2 aromatic carbocycles. The Kier molecular flexibility index (Phi) is 5.57. The molecule has 2 rings (SSSR count). The van der Waals surface area contributed by atoms with Crippen LogP contribution in [-0.2, 0) is 29.2 Å². The zero-order chi connectivity index (χ0) is 18.0. The van der Waals surface area contributed by atoms with Gasteiger partial charge in [-0.25, -0.2) is 13.1 Å². The van der Waals surface area contributed by atoms with Gasteiger partial charge in [0.25, 0.3) is 0 Å². The van der Waals surface area contributed by atoms with Gasteiger partial charge in [0, 0.05) is 6.54 Å². The summed E-state index contributed by atoms with van der Waals surface area (Å²) >= 11 is 5.54. The Hall–Kier alpha value is -1.57. The molecule has 0 fully saturated rings. The molecule has 8 heteroatoms. The summed E-state index contributed by atoms with van der Waals surface area (Å²) in [6, 6.07) is 9.60. The van der Waals surface area contributed by atoms with Gasteiger partial charge in [-0.2, -0.15) is 13.2 Å². The summed E-state index contributed by atoms with van der Waals surface area (Å²) in [6.45, 7) is 1.68. The van der Waals surface area contributed by atoms with E-state index in [0.29, 0.717) is 0 Å². The lowest BCUT2D eigenvalue weighted by molar-refractivity contribution is -0.137. The van der Waals surface area contributed by atoms with Crippen LogP contribution in [0.5, 0.6) is 0 Å². The van der Waals surface area contributed by atoms with Crippen molar-refractivity contribution in [2.45, 2.75) is 31.0 Å². The van der Waals surface area contributed by atoms with Crippen LogP contribution in [0.25, 0.3) is 0 Å². The molecule has 0 spiro atoms. The molecule has 130 valence electrons. The van der Waals surface area contributed by atoms with E-state index in [1.165, 1.54) is 18.2 Å². The van der Waals surface area contributed by atoms with Gasteiger partial charge in [0.15, 0.2) is 0 Å². The molecule has 0 atom stereocenters. The van der Waals surface area contributed by atoms with Crippen LogP contribution in [0, 0.1) is 0 Å². The molecule has 0 aliphatic rings. The fourth-order valence-corrected chi connectivity index (χ4v) is 3.31. The quantitative estimate of drug-likeness (QED) is 0.839. The highest BCUT2D eigenvalue weighted by atomic mass is 35.5. The smallest absolute Gasteiger partial charge is 0.207 e. The minimum Gasteiger partial charge on any atom is -0.207 e. The van der Waals surface area contributed by atoms with Crippen molar-refractivity contribution in [3.8, 4) is 0 Å². The van der Waals surface area contributed by atoms with Crippen molar-refractivity contribution in [3.63, 3.8) is 0 Å². The molecular formula is C16H15ClF3NO2S. The zero-order valence-electron chi connectivity index (χ0n) is 12.7. The van der Waals surface area contributed by atoms with Crippen LogP contribution in [0.3, 0.4) is 0 Å². The van der Waals surface area contributed by atoms with Crippen LogP contribution < -0.4 is 4.72 Å². The third kappa shape index (κ3) is 4.49. The maximum Gasteiger partial charge on any atom is 0.417 e. The number of sulfonamides is 1. The third-order valence-corrected chi connectivity index (χ3v) is 5.19. The van der Waals surface area contributed by atoms with Crippen LogP contribution in [0.4, 0.5) is 13.2 Å². The highest BCUT2D eigenvalue weighted by molar-refractivity contribution is 7.89. The Bertz CT molecular complexity index is 818. The molecule has 0 aromatic heterocycles. The lowest BCUT2D eigenvalue weighted by Crippen LogP contribution is -2.23. The van der Waals surface area contributed by atoms with Crippen LogP contribution in [0.1, 0.15) is 23.6 Å². The number of nitrogens with one attached hydrogen (secondary N) is 1. The Balaban J connectivity index is 2.17. The normalized spacial score (nSPS) is 12.4. The minimum atomic E-state index is -4.60. The third-order valence-electron chi connectivity index (χ3n) is 3.44. The highest BCUT2D eigenvalue weighted by Gasteiger charge is 2.33. The van der Waals surface area contributed by atoms with E-state index in [0.717, 1.165) is 24.1 Å². The van der Waals surface area contributed by atoms with Gasteiger partial charge >= 0.3 is 6.18 Å². The first-order valence-corrected chi connectivity index (χ1v) is 8.94. The second-order valence-electron chi connectivity index (χ2n) is 5.13. The van der Waals surface area contributed by atoms with Gasteiger partial charge in [0.05, 0.1) is 15.5 Å². The van der Waals surface area contributed by atoms with Gasteiger partial charge < -0.3 is 0 Å². The molecule has 0 saturated carbocycles. The van der Waals surface area contributed by atoms with Gasteiger partial charge in [0.1, 0.15) is 0 Å². The van der Waals surface area contributed by atoms with Gasteiger partial charge in [-0.1, -0.05) is 36.7 Å². The second kappa shape index (κ2) is 7.13. The first kappa shape index (κ1) is 18.8. The summed E-state index contributed by atoms with van der Waals surface area (Å²) in [5, 5.41) is -0.427. The summed E-state index contributed by atoms with van der Waals surface area (Å²) in [5.74, 6) is 0. The highest BCUT2D eigenvalue weighted by Crippen LogP contribution is 2.35. The molecule has 0 heterocycles. The molecule has 0 amide bonds. The van der Waals surface area contributed by atoms with Crippen molar-refractivity contribution < 1.29 is 21.6 Å². The van der Waals surface area contributed by atoms with Gasteiger partial charge in [0.2, 0.25) is 10.0 Å². The summed E-state index contributed by atoms with van der Waals surface area (Å²) in [7, 11) is -3.81. The van der Waals surface area contributed by atoms with E-state index in [2.05, 4.69) is 4.72 Å². The first-order chi connectivity index (χ1) is 11.1. The predicted molar refractivity (Wildman–Crippen MR) is 86.3 cm³/mol. The van der Waals surface area contributed by atoms with Gasteiger partial charge in [-0.15, -0.1) is 0 Å². The zero-order valence-corrected chi connectivity index (χ0v) is 14.3. The summed E-state index contributed by atoms with van der Waals surface area (Å²) in [5.41, 5.74) is 0.162. The van der Waals surface area contributed by atoms with E-state index < -0.39 is 26.8 Å². The molecule has 2 aromatic rings. The van der Waals surface area contributed by atoms with Crippen molar-refractivity contribution in [2.75, 3.05) is 0 Å². The van der Waals surface area contributed by atoms with Crippen LogP contribution >= 0.6 is 11.6 Å². The molecule has 0 unspecified atom stereocenters. The fourth-order valence-electron chi connectivity index (χ4n) is 2.07. The lowest BCUT2D eigenvalue weighted by atomic mass is 10.1. The van der Waals surface area contributed by atoms with E-state index in [4.69, 9.17) is 11.6 Å². The second-order valence-corrected chi connectivity index (χ2v) is 7.31. The standard InChI is InChI=1S/C16H15ClF3NO2S/c1-2-11-3-6-13(7-4-11)24(22,23)21-10-12-5-8-15(17)14(9-12)16(18,19)20/h3-9,21H,2,10H2,1H3. The number of aryl methyl sites for hydroxylation is 1. The molecular weight excluding hydrogens is 363 g/mol. The number of rotatable bonds is 5. The molecule has 0 saturated heterocycles. The molecule has 3 nitrogen and oxygen atoms in total. The van der Waals surface area contributed by atoms with Crippen molar-refractivity contribution in [1.82, 2.24) is 4.72 Å². The van der Waals surface area contributed by atoms with E-state index in [1.807, 2.05) is 6.92 Å². The number of hydrogen-bond donors (Lipinski definition) is 1. The average Bonchev–Trinajstić information content (AvgIpc) is 2.53. The molecule has 0 aliphatic heterocycles. The van der Waals surface area contributed by atoms with Crippen molar-refractivity contribution in [3.05, 3.63) is 64.2 Å². The van der Waals surface area contributed by atoms with Crippen LogP contribution in [0.2, 0.25) is 5.02 Å². The summed E-state index contributed by atoms with van der Waals surface area (Å²) < 4.78 is 65.1. The van der Waals surface area contributed by atoms with Crippen molar-refractivity contribution in [1.29, 1.82) is 0 Å². The Morgan fingerprint density at radius 3 is 2.17 bits per heavy atom. The average molecular weight is 378 g/mol. The van der Waals surface area contributed by atoms with E-state index in [9.17, 15) is 21.6 Å². The molecule has 0 radical (unpaired) electrons. The number of hydrogen-bond acceptors (Lipinski definition) is 2. The van der Waals surface area contributed by atoms with Crippen LogP contribution in [-0.4, -0.2) is 8.42 Å². The van der Waals surface area contributed by atoms with Crippen molar-refractivity contribution in [2.24, 2.45) is 0 Å². The predicted octanol–water partition coefficient (Wildman–Crippen LogP) is 4.40. The SMILES string of the molecule is CCc1ccc(S(=O)(=O)NCc2ccc(Cl)c(C(F)(F)F)c2)cc1. The summed E-state index contributed by atoms with van der Waals surface area (Å²) in [4.78, 5) is 0.0599. The molecule has 0 aliphatic carbocycles. The Morgan fingerprint density at radius 1 is 1.04 bits per heavy atom. The Labute approximate surface area is 143 Å². The largest absolute Gasteiger partial charge is 0.417 e. The molecule has 1 N–H and O–H groups in total. The van der Waals surface area contributed by atoms with E-state index >= 15 is 0 Å². The maximum atomic E-state index is 12.8. The number of alkyl halides is 3. The first-order valence-electron chi connectivity index (χ1n) is 7.07. The molecule has 0 bridgehead atoms. The lowest BCUT2D eigenvalue weighted by Gasteiger charge is -2.12. The Morgan fingerprint density at radius 2 is 1.62 bits per heavy atom. The van der Waals surface area contributed by atoms with E-state index in [1.54, 1.807) is 12.1 Å². The number of halogens is 4. The van der Waals surface area contributed by atoms with Gasteiger partial charge in [-0.05, 0) is 41.8 Å². The van der Waals surface area contributed by atoms with Crippen LogP contribution in [0.15, 0.2) is 47.4 Å². The minimum absolute atomic E-state index is 0.0599. The number of benzene rings is 2. The van der Waals surface area contributed by atoms with Gasteiger partial charge in [-0.3, -0.25) is 0 Å². The summed E-state index contributed by atoms with van der Waals surface area (Å²) in [6.07, 6.45) is -3.82.